The first kappa shape index (κ1) is 14.3. The number of benzene rings is 1. The zero-order chi connectivity index (χ0) is 14.7. The lowest BCUT2D eigenvalue weighted by molar-refractivity contribution is 0.412. The van der Waals surface area contributed by atoms with Crippen LogP contribution in [0.15, 0.2) is 22.7 Å². The summed E-state index contributed by atoms with van der Waals surface area (Å²) in [7, 11) is 5.28. The first-order valence-corrected chi connectivity index (χ1v) is 6.58. The molecule has 0 fully saturated rings. The third kappa shape index (κ3) is 3.27. The first-order valence-electron chi connectivity index (χ1n) is 5.79. The number of rotatable bonds is 4. The molecule has 0 radical (unpaired) electrons. The number of methoxy groups -OCH3 is 1. The van der Waals surface area contributed by atoms with Gasteiger partial charge in [0.25, 0.3) is 0 Å². The molecule has 3 N–H and O–H groups in total. The second kappa shape index (κ2) is 5.91. The zero-order valence-electron chi connectivity index (χ0n) is 11.4. The molecule has 0 saturated carbocycles. The van der Waals surface area contributed by atoms with Crippen LogP contribution >= 0.6 is 15.9 Å². The van der Waals surface area contributed by atoms with Crippen LogP contribution in [0.1, 0.15) is 0 Å². The minimum Gasteiger partial charge on any atom is -0.495 e. The molecule has 106 valence electrons. The van der Waals surface area contributed by atoms with Crippen molar-refractivity contribution >= 4 is 39.5 Å². The van der Waals surface area contributed by atoms with Crippen molar-refractivity contribution in [3.8, 4) is 5.75 Å². The molecule has 20 heavy (non-hydrogen) atoms. The fourth-order valence-electron chi connectivity index (χ4n) is 1.50. The Labute approximate surface area is 125 Å². The van der Waals surface area contributed by atoms with Gasteiger partial charge in [-0.3, -0.25) is 0 Å². The molecule has 0 unspecified atom stereocenters. The lowest BCUT2D eigenvalue weighted by Crippen LogP contribution is -2.15. The highest BCUT2D eigenvalue weighted by molar-refractivity contribution is 9.10. The summed E-state index contributed by atoms with van der Waals surface area (Å²) >= 11 is 3.40. The molecule has 8 heteroatoms. The number of ether oxygens (including phenoxy) is 1. The van der Waals surface area contributed by atoms with E-state index in [2.05, 4.69) is 36.2 Å². The van der Waals surface area contributed by atoms with Crippen molar-refractivity contribution < 1.29 is 4.74 Å². The fraction of sp³-hybridized carbons (Fsp3) is 0.250. The first-order chi connectivity index (χ1) is 9.49. The van der Waals surface area contributed by atoms with Crippen molar-refractivity contribution in [2.45, 2.75) is 0 Å². The van der Waals surface area contributed by atoms with E-state index in [-0.39, 0.29) is 5.95 Å². The quantitative estimate of drug-likeness (QED) is 0.881. The Morgan fingerprint density at radius 2 is 2.00 bits per heavy atom. The maximum atomic E-state index is 5.67. The Morgan fingerprint density at radius 1 is 1.25 bits per heavy atom. The highest BCUT2D eigenvalue weighted by Gasteiger charge is 2.08. The molecule has 0 spiro atoms. The van der Waals surface area contributed by atoms with E-state index in [1.807, 2.05) is 32.3 Å². The van der Waals surface area contributed by atoms with Crippen LogP contribution in [0.25, 0.3) is 0 Å². The highest BCUT2D eigenvalue weighted by Crippen LogP contribution is 2.29. The molecule has 0 amide bonds. The van der Waals surface area contributed by atoms with E-state index in [4.69, 9.17) is 10.5 Å². The summed E-state index contributed by atoms with van der Waals surface area (Å²) in [6, 6.07) is 5.58. The van der Waals surface area contributed by atoms with Crippen molar-refractivity contribution in [2.24, 2.45) is 0 Å². The maximum Gasteiger partial charge on any atom is 0.233 e. The smallest absolute Gasteiger partial charge is 0.233 e. The normalized spacial score (nSPS) is 10.2. The van der Waals surface area contributed by atoms with Crippen molar-refractivity contribution in [1.82, 2.24) is 15.0 Å². The number of nitrogens with two attached hydrogens (primary N) is 1. The summed E-state index contributed by atoms with van der Waals surface area (Å²) in [5, 5.41) is 3.07. The van der Waals surface area contributed by atoms with Gasteiger partial charge in [0.1, 0.15) is 5.75 Å². The third-order valence-corrected chi connectivity index (χ3v) is 3.10. The highest BCUT2D eigenvalue weighted by atomic mass is 79.9. The number of hydrogen-bond acceptors (Lipinski definition) is 7. The lowest BCUT2D eigenvalue weighted by Gasteiger charge is -2.12. The number of nitrogens with zero attached hydrogens (tertiary/aromatic N) is 4. The number of anilines is 4. The monoisotopic (exact) mass is 338 g/mol. The van der Waals surface area contributed by atoms with Crippen LogP contribution in [0.3, 0.4) is 0 Å². The molecule has 7 nitrogen and oxygen atoms in total. The van der Waals surface area contributed by atoms with E-state index in [0.29, 0.717) is 17.6 Å². The standard InChI is InChI=1S/C12H15BrN6O/c1-19(2)12-17-10(14)16-11(18-12)15-7-4-5-8(13)9(6-7)20-3/h4-6H,1-3H3,(H3,14,15,16,17,18). The Morgan fingerprint density at radius 3 is 2.65 bits per heavy atom. The van der Waals surface area contributed by atoms with Gasteiger partial charge in [0.2, 0.25) is 17.8 Å². The van der Waals surface area contributed by atoms with E-state index in [1.165, 1.54) is 0 Å². The molecule has 0 aliphatic heterocycles. The van der Waals surface area contributed by atoms with Crippen LogP contribution in [0.5, 0.6) is 5.75 Å². The number of hydrogen-bond donors (Lipinski definition) is 2. The number of halogens is 1. The van der Waals surface area contributed by atoms with Crippen LogP contribution in [-0.4, -0.2) is 36.2 Å². The fourth-order valence-corrected chi connectivity index (χ4v) is 1.91. The predicted molar refractivity (Wildman–Crippen MR) is 82.5 cm³/mol. The molecule has 1 aromatic carbocycles. The number of nitrogens with one attached hydrogen (secondary N) is 1. The van der Waals surface area contributed by atoms with Gasteiger partial charge in [-0.2, -0.15) is 15.0 Å². The molecule has 2 aromatic rings. The molecule has 0 atom stereocenters. The van der Waals surface area contributed by atoms with Gasteiger partial charge in [-0.05, 0) is 28.1 Å². The SMILES string of the molecule is COc1cc(Nc2nc(N)nc(N(C)C)n2)ccc1Br. The molecule has 0 saturated heterocycles. The van der Waals surface area contributed by atoms with Crippen molar-refractivity contribution in [3.63, 3.8) is 0 Å². The van der Waals surface area contributed by atoms with Crippen LogP contribution < -0.4 is 20.7 Å². The molecule has 0 bridgehead atoms. The van der Waals surface area contributed by atoms with Crippen molar-refractivity contribution in [2.75, 3.05) is 37.2 Å². The van der Waals surface area contributed by atoms with Crippen LogP contribution in [0, 0.1) is 0 Å². The van der Waals surface area contributed by atoms with Crippen LogP contribution in [-0.2, 0) is 0 Å². The van der Waals surface area contributed by atoms with E-state index in [1.54, 1.807) is 12.0 Å². The average molecular weight is 339 g/mol. The molecule has 1 aromatic heterocycles. The lowest BCUT2D eigenvalue weighted by atomic mass is 10.3. The summed E-state index contributed by atoms with van der Waals surface area (Å²) in [6.45, 7) is 0. The van der Waals surface area contributed by atoms with Crippen molar-refractivity contribution in [3.05, 3.63) is 22.7 Å². The number of nitrogen functional groups attached to an aromatic ring is 1. The summed E-state index contributed by atoms with van der Waals surface area (Å²) in [5.74, 6) is 1.75. The summed E-state index contributed by atoms with van der Waals surface area (Å²) < 4.78 is 6.11. The molecule has 1 heterocycles. The second-order valence-electron chi connectivity index (χ2n) is 4.19. The zero-order valence-corrected chi connectivity index (χ0v) is 13.0. The van der Waals surface area contributed by atoms with Gasteiger partial charge in [-0.25, -0.2) is 0 Å². The summed E-state index contributed by atoms with van der Waals surface area (Å²) in [6.07, 6.45) is 0. The van der Waals surface area contributed by atoms with Gasteiger partial charge in [-0.1, -0.05) is 0 Å². The van der Waals surface area contributed by atoms with E-state index in [9.17, 15) is 0 Å². The van der Waals surface area contributed by atoms with Gasteiger partial charge < -0.3 is 20.7 Å². The maximum absolute atomic E-state index is 5.67. The summed E-state index contributed by atoms with van der Waals surface area (Å²) in [4.78, 5) is 14.1. The van der Waals surface area contributed by atoms with E-state index >= 15 is 0 Å². The van der Waals surface area contributed by atoms with Crippen LogP contribution in [0.4, 0.5) is 23.5 Å². The topological polar surface area (TPSA) is 89.2 Å². The van der Waals surface area contributed by atoms with Gasteiger partial charge in [0, 0.05) is 25.8 Å². The molecule has 2 rings (SSSR count). The summed E-state index contributed by atoms with van der Waals surface area (Å²) in [5.41, 5.74) is 6.46. The van der Waals surface area contributed by atoms with Gasteiger partial charge >= 0.3 is 0 Å². The Hall–Kier alpha value is -2.09. The minimum absolute atomic E-state index is 0.162. The minimum atomic E-state index is 0.162. The van der Waals surface area contributed by atoms with Crippen LogP contribution in [0.2, 0.25) is 0 Å². The average Bonchev–Trinajstić information content (AvgIpc) is 2.40. The van der Waals surface area contributed by atoms with E-state index < -0.39 is 0 Å². The van der Waals surface area contributed by atoms with Gasteiger partial charge in [0.15, 0.2) is 0 Å². The predicted octanol–water partition coefficient (Wildman–Crippen LogP) is 2.03. The molecular formula is C12H15BrN6O. The third-order valence-electron chi connectivity index (χ3n) is 2.45. The number of aromatic nitrogens is 3. The second-order valence-corrected chi connectivity index (χ2v) is 5.04. The van der Waals surface area contributed by atoms with Crippen molar-refractivity contribution in [1.29, 1.82) is 0 Å². The Bertz CT molecular complexity index is 619. The van der Waals surface area contributed by atoms with Gasteiger partial charge in [-0.15, -0.1) is 0 Å². The Kier molecular flexibility index (Phi) is 4.23. The molecule has 0 aliphatic carbocycles. The van der Waals surface area contributed by atoms with E-state index in [0.717, 1.165) is 10.2 Å². The molecular weight excluding hydrogens is 324 g/mol. The largest absolute Gasteiger partial charge is 0.495 e. The Balaban J connectivity index is 2.30. The molecule has 0 aliphatic rings. The van der Waals surface area contributed by atoms with Gasteiger partial charge in [0.05, 0.1) is 11.6 Å².